The normalized spacial score (nSPS) is 17.9. The van der Waals surface area contributed by atoms with E-state index < -0.39 is 0 Å². The number of nitrogens with zero attached hydrogens (tertiary/aromatic N) is 6. The topological polar surface area (TPSA) is 119 Å². The molecule has 1 fully saturated rings. The Hall–Kier alpha value is -4.62. The van der Waals surface area contributed by atoms with Crippen LogP contribution in [0.15, 0.2) is 48.9 Å². The Balaban J connectivity index is 1.31. The number of carbonyl (C=O) groups excluding carboxylic acids is 2. The number of likely N-dealkylation sites (tertiary alicyclic amines) is 1. The molecule has 7 rings (SSSR count). The number of rotatable bonds is 3. The van der Waals surface area contributed by atoms with Crippen LogP contribution in [0.25, 0.3) is 27.8 Å². The first-order valence-corrected chi connectivity index (χ1v) is 13.7. The molecule has 10 nitrogen and oxygen atoms in total. The second-order valence-electron chi connectivity index (χ2n) is 10.8. The first-order chi connectivity index (χ1) is 19.6. The van der Waals surface area contributed by atoms with Gasteiger partial charge in [-0.2, -0.15) is 5.26 Å². The smallest absolute Gasteiger partial charge is 0.320 e. The summed E-state index contributed by atoms with van der Waals surface area (Å²) in [6.45, 7) is 3.12. The van der Waals surface area contributed by atoms with Crippen molar-refractivity contribution in [3.05, 3.63) is 71.3 Å². The number of nitrogens with one attached hydrogen (secondary N) is 1. The summed E-state index contributed by atoms with van der Waals surface area (Å²) in [5, 5.41) is 23.5. The third-order valence-corrected chi connectivity index (χ3v) is 8.46. The molecule has 0 unspecified atom stereocenters. The monoisotopic (exact) mass is 535 g/mol. The van der Waals surface area contributed by atoms with Gasteiger partial charge in [0.2, 0.25) is 0 Å². The predicted molar refractivity (Wildman–Crippen MR) is 149 cm³/mol. The number of aromatic nitrogens is 3. The molecule has 0 aliphatic carbocycles. The lowest BCUT2D eigenvalue weighted by atomic mass is 9.97. The zero-order chi connectivity index (χ0) is 27.4. The second-order valence-corrected chi connectivity index (χ2v) is 10.8. The number of aliphatic hydroxyl groups is 1. The average Bonchev–Trinajstić information content (AvgIpc) is 3.65. The number of ketones is 1. The van der Waals surface area contributed by atoms with Gasteiger partial charge in [-0.15, -0.1) is 0 Å². The first kappa shape index (κ1) is 24.4. The van der Waals surface area contributed by atoms with Crippen LogP contribution in [0.1, 0.15) is 35.2 Å². The van der Waals surface area contributed by atoms with E-state index in [0.717, 1.165) is 51.9 Å². The van der Waals surface area contributed by atoms with Crippen molar-refractivity contribution < 1.29 is 14.7 Å². The third kappa shape index (κ3) is 3.85. The quantitative estimate of drug-likeness (QED) is 0.417. The zero-order valence-corrected chi connectivity index (χ0v) is 22.0. The fourth-order valence-corrected chi connectivity index (χ4v) is 6.38. The molecule has 0 spiro atoms. The summed E-state index contributed by atoms with van der Waals surface area (Å²) in [6, 6.07) is 11.8. The number of amides is 2. The van der Waals surface area contributed by atoms with Gasteiger partial charge in [0.25, 0.3) is 0 Å². The molecule has 3 aliphatic rings. The van der Waals surface area contributed by atoms with Gasteiger partial charge < -0.3 is 24.8 Å². The van der Waals surface area contributed by atoms with Gasteiger partial charge in [-0.1, -0.05) is 6.07 Å². The van der Waals surface area contributed by atoms with Crippen molar-refractivity contribution in [1.82, 2.24) is 29.1 Å². The van der Waals surface area contributed by atoms with Crippen LogP contribution < -0.4 is 5.32 Å². The zero-order valence-electron chi connectivity index (χ0n) is 22.0. The highest BCUT2D eigenvalue weighted by Crippen LogP contribution is 2.38. The van der Waals surface area contributed by atoms with E-state index in [4.69, 9.17) is 0 Å². The maximum absolute atomic E-state index is 13.5. The molecule has 6 heterocycles. The molecule has 10 heteroatoms. The van der Waals surface area contributed by atoms with Crippen molar-refractivity contribution in [2.75, 3.05) is 32.8 Å². The number of benzene rings is 1. The molecule has 0 atom stereocenters. The molecule has 3 aliphatic heterocycles. The van der Waals surface area contributed by atoms with E-state index in [1.54, 1.807) is 6.20 Å². The molecule has 2 amide bonds. The highest BCUT2D eigenvalue weighted by Gasteiger charge is 2.32. The number of piperidine rings is 1. The van der Waals surface area contributed by atoms with E-state index in [0.29, 0.717) is 43.9 Å². The van der Waals surface area contributed by atoms with Gasteiger partial charge >= 0.3 is 6.03 Å². The van der Waals surface area contributed by atoms with Crippen molar-refractivity contribution in [3.63, 3.8) is 0 Å². The number of hydrogen-bond donors (Lipinski definition) is 2. The van der Waals surface area contributed by atoms with E-state index >= 15 is 0 Å². The number of Topliss-reactive ketones (excluding diaryl/α,β-unsaturated/α-hetero) is 1. The van der Waals surface area contributed by atoms with Crippen LogP contribution in [-0.2, 0) is 17.9 Å². The molecule has 4 aromatic rings. The number of fused-ring (bicyclic) bond motifs is 1. The Kier molecular flexibility index (Phi) is 5.82. The maximum atomic E-state index is 13.5. The number of aliphatic hydroxyl groups excluding tert-OH is 1. The molecular formula is C30H29N7O3. The van der Waals surface area contributed by atoms with Gasteiger partial charge in [0.05, 0.1) is 46.9 Å². The summed E-state index contributed by atoms with van der Waals surface area (Å²) in [4.78, 5) is 35.1. The molecule has 40 heavy (non-hydrogen) atoms. The number of imidazole rings is 1. The van der Waals surface area contributed by atoms with Gasteiger partial charge in [-0.25, -0.2) is 9.78 Å². The first-order valence-electron chi connectivity index (χ1n) is 13.7. The molecule has 0 radical (unpaired) electrons. The Morgan fingerprint density at radius 3 is 2.80 bits per heavy atom. The van der Waals surface area contributed by atoms with Gasteiger partial charge in [0.1, 0.15) is 5.65 Å². The molecular weight excluding hydrogens is 506 g/mol. The summed E-state index contributed by atoms with van der Waals surface area (Å²) in [5.74, 6) is 0.246. The van der Waals surface area contributed by atoms with Crippen LogP contribution in [0.5, 0.6) is 0 Å². The van der Waals surface area contributed by atoms with Crippen LogP contribution in [-0.4, -0.2) is 73.5 Å². The second kappa shape index (κ2) is 9.54. The lowest BCUT2D eigenvalue weighted by Crippen LogP contribution is -2.47. The molecule has 1 saturated heterocycles. The minimum Gasteiger partial charge on any atom is -0.396 e. The summed E-state index contributed by atoms with van der Waals surface area (Å²) < 4.78 is 4.08. The minimum atomic E-state index is -0.0102. The predicted octanol–water partition coefficient (Wildman–Crippen LogP) is 2.84. The van der Waals surface area contributed by atoms with Crippen LogP contribution >= 0.6 is 0 Å². The summed E-state index contributed by atoms with van der Waals surface area (Å²) in [6.07, 6.45) is 7.31. The van der Waals surface area contributed by atoms with Crippen LogP contribution in [0.2, 0.25) is 0 Å². The van der Waals surface area contributed by atoms with E-state index in [-0.39, 0.29) is 30.9 Å². The van der Waals surface area contributed by atoms with Crippen molar-refractivity contribution in [2.24, 2.45) is 5.92 Å². The fourth-order valence-electron chi connectivity index (χ4n) is 6.38. The Labute approximate surface area is 230 Å². The number of carbonyl (C=O) groups is 2. The molecule has 2 N–H and O–H groups in total. The van der Waals surface area contributed by atoms with Crippen LogP contribution in [0.4, 0.5) is 4.79 Å². The van der Waals surface area contributed by atoms with Crippen molar-refractivity contribution in [3.8, 4) is 6.07 Å². The van der Waals surface area contributed by atoms with E-state index in [1.165, 1.54) is 0 Å². The third-order valence-electron chi connectivity index (χ3n) is 8.46. The highest BCUT2D eigenvalue weighted by molar-refractivity contribution is 6.33. The van der Waals surface area contributed by atoms with Gasteiger partial charge in [-0.3, -0.25) is 9.20 Å². The van der Waals surface area contributed by atoms with Gasteiger partial charge in [0.15, 0.2) is 5.78 Å². The van der Waals surface area contributed by atoms with E-state index in [9.17, 15) is 20.0 Å². The number of hydrogen-bond acceptors (Lipinski definition) is 6. The van der Waals surface area contributed by atoms with Crippen LogP contribution in [0, 0.1) is 17.2 Å². The molecule has 1 aromatic carbocycles. The number of nitriles is 1. The molecule has 0 saturated carbocycles. The Morgan fingerprint density at radius 1 is 1.15 bits per heavy atom. The molecule has 3 aromatic heterocycles. The Morgan fingerprint density at radius 2 is 2.00 bits per heavy atom. The minimum absolute atomic E-state index is 0.00865. The van der Waals surface area contributed by atoms with Crippen molar-refractivity contribution in [2.45, 2.75) is 25.9 Å². The van der Waals surface area contributed by atoms with Gasteiger partial charge in [0, 0.05) is 62.7 Å². The lowest BCUT2D eigenvalue weighted by Gasteiger charge is -2.35. The highest BCUT2D eigenvalue weighted by atomic mass is 16.3. The van der Waals surface area contributed by atoms with E-state index in [2.05, 4.69) is 20.9 Å². The lowest BCUT2D eigenvalue weighted by molar-refractivity contribution is -0.112. The molecule has 202 valence electrons. The Bertz CT molecular complexity index is 1750. The van der Waals surface area contributed by atoms with Gasteiger partial charge in [-0.05, 0) is 48.6 Å². The fraction of sp³-hybridized carbons (Fsp3) is 0.333. The van der Waals surface area contributed by atoms with Crippen molar-refractivity contribution >= 4 is 39.6 Å². The number of urea groups is 1. The summed E-state index contributed by atoms with van der Waals surface area (Å²) >= 11 is 0. The largest absolute Gasteiger partial charge is 0.396 e. The van der Waals surface area contributed by atoms with Crippen molar-refractivity contribution in [1.29, 1.82) is 5.26 Å². The average molecular weight is 536 g/mol. The standard InChI is InChI=1S/C30H29N7O3/c31-13-20-11-21-16-36(30(40)34-7-4-19(18-38)5-8-34)10-9-35-17-23(22(12-20)29(21)35)27-25(39)15-33-28(27)24-14-32-26-3-1-2-6-37(24)26/h1-3,6,11-12,14,17,19,33,38H,4-5,7-10,15-16,18H2. The summed E-state index contributed by atoms with van der Waals surface area (Å²) in [5.41, 5.74) is 6.05. The summed E-state index contributed by atoms with van der Waals surface area (Å²) in [7, 11) is 0. The molecule has 0 bridgehead atoms. The van der Waals surface area contributed by atoms with Crippen LogP contribution in [0.3, 0.4) is 0 Å². The number of pyridine rings is 1. The maximum Gasteiger partial charge on any atom is 0.320 e. The van der Waals surface area contributed by atoms with E-state index in [1.807, 2.05) is 56.9 Å². The SMILES string of the molecule is N#Cc1cc2c3c(c1)c(C1=C(c4cnc5ccccn45)NCC1=O)cn3CCN(C(=O)N1CCC(CO)CC1)C2.